The summed E-state index contributed by atoms with van der Waals surface area (Å²) < 4.78 is 37.8. The fourth-order valence-electron chi connectivity index (χ4n) is 2.95. The molecule has 0 atom stereocenters. The summed E-state index contributed by atoms with van der Waals surface area (Å²) in [6.07, 6.45) is 2.59. The highest BCUT2D eigenvalue weighted by Gasteiger charge is 2.30. The molecular weight excluding hydrogens is 396 g/mol. The highest BCUT2D eigenvalue weighted by atomic mass is 32.2. The molecule has 1 aromatic carbocycles. The molecule has 1 N–H and O–H groups in total. The zero-order valence-electron chi connectivity index (χ0n) is 17.3. The minimum Gasteiger partial charge on any atom is -0.492 e. The van der Waals surface area contributed by atoms with E-state index in [1.165, 1.54) is 16.4 Å². The number of sulfonamides is 1. The molecule has 1 fully saturated rings. The van der Waals surface area contributed by atoms with Crippen LogP contribution < -0.4 is 10.1 Å². The Hall–Kier alpha value is -2.13. The Bertz CT molecular complexity index is 816. The lowest BCUT2D eigenvalue weighted by Gasteiger charge is -2.19. The summed E-state index contributed by atoms with van der Waals surface area (Å²) in [5.41, 5.74) is 0.300. The van der Waals surface area contributed by atoms with Crippen LogP contribution in [0.2, 0.25) is 0 Å². The molecule has 9 heteroatoms. The summed E-state index contributed by atoms with van der Waals surface area (Å²) in [5, 5.41) is 2.58. The molecule has 0 bridgehead atoms. The predicted molar refractivity (Wildman–Crippen MR) is 109 cm³/mol. The van der Waals surface area contributed by atoms with E-state index in [9.17, 15) is 18.0 Å². The molecule has 1 aliphatic heterocycles. The van der Waals surface area contributed by atoms with E-state index in [2.05, 4.69) is 5.32 Å². The van der Waals surface area contributed by atoms with Crippen LogP contribution in [0.3, 0.4) is 0 Å². The van der Waals surface area contributed by atoms with Crippen LogP contribution in [0.1, 0.15) is 46.5 Å². The molecule has 8 nitrogen and oxygen atoms in total. The summed E-state index contributed by atoms with van der Waals surface area (Å²) in [6, 6.07) is 4.47. The highest BCUT2D eigenvalue weighted by molar-refractivity contribution is 7.89. The van der Waals surface area contributed by atoms with Crippen LogP contribution in [-0.2, 0) is 24.3 Å². The van der Waals surface area contributed by atoms with E-state index in [4.69, 9.17) is 9.47 Å². The van der Waals surface area contributed by atoms with Crippen molar-refractivity contribution in [2.75, 3.05) is 31.6 Å². The molecule has 0 spiro atoms. The van der Waals surface area contributed by atoms with Crippen LogP contribution >= 0.6 is 0 Å². The lowest BCUT2D eigenvalue weighted by Crippen LogP contribution is -2.28. The largest absolute Gasteiger partial charge is 0.492 e. The van der Waals surface area contributed by atoms with E-state index < -0.39 is 28.5 Å². The van der Waals surface area contributed by atoms with Crippen molar-refractivity contribution in [3.63, 3.8) is 0 Å². The number of esters is 1. The molecule has 0 radical (unpaired) electrons. The Morgan fingerprint density at radius 3 is 2.52 bits per heavy atom. The summed E-state index contributed by atoms with van der Waals surface area (Å²) in [5.74, 6) is -0.344. The first kappa shape index (κ1) is 23.2. The third kappa shape index (κ3) is 6.71. The van der Waals surface area contributed by atoms with E-state index in [0.717, 1.165) is 12.8 Å². The molecule has 1 amide bonds. The van der Waals surface area contributed by atoms with Gasteiger partial charge in [0, 0.05) is 25.2 Å². The molecule has 2 rings (SSSR count). The quantitative estimate of drug-likeness (QED) is 0.577. The van der Waals surface area contributed by atoms with Crippen molar-refractivity contribution in [2.45, 2.75) is 51.3 Å². The molecular formula is C20H30N2O6S. The number of hydrogen-bond acceptors (Lipinski definition) is 6. The highest BCUT2D eigenvalue weighted by Crippen LogP contribution is 2.31. The smallest absolute Gasteiger partial charge is 0.306 e. The van der Waals surface area contributed by atoms with Gasteiger partial charge in [0.05, 0.1) is 6.61 Å². The molecule has 0 aliphatic carbocycles. The average molecular weight is 427 g/mol. The van der Waals surface area contributed by atoms with E-state index in [0.29, 0.717) is 37.7 Å². The number of carbonyl (C=O) groups excluding carboxylic acids is 2. The number of carbonyl (C=O) groups is 2. The second kappa shape index (κ2) is 10.6. The molecule has 0 unspecified atom stereocenters. The SMILES string of the molecule is CCOc1ccc(NC(=O)COC(=O)CCC(C)C)cc1S(=O)(=O)N1CCCC1. The maximum Gasteiger partial charge on any atom is 0.306 e. The van der Waals surface area contributed by atoms with Gasteiger partial charge >= 0.3 is 5.97 Å². The Morgan fingerprint density at radius 1 is 1.21 bits per heavy atom. The number of amides is 1. The second-order valence-corrected chi connectivity index (χ2v) is 9.25. The molecule has 1 aromatic rings. The van der Waals surface area contributed by atoms with E-state index in [1.807, 2.05) is 13.8 Å². The molecule has 1 heterocycles. The van der Waals surface area contributed by atoms with Crippen molar-refractivity contribution in [3.8, 4) is 5.75 Å². The molecule has 1 aliphatic rings. The number of hydrogen-bond donors (Lipinski definition) is 1. The first-order valence-corrected chi connectivity index (χ1v) is 11.4. The van der Waals surface area contributed by atoms with Crippen molar-refractivity contribution in [1.29, 1.82) is 0 Å². The van der Waals surface area contributed by atoms with Crippen molar-refractivity contribution < 1.29 is 27.5 Å². The normalized spacial score (nSPS) is 14.8. The van der Waals surface area contributed by atoms with E-state index in [1.54, 1.807) is 13.0 Å². The van der Waals surface area contributed by atoms with E-state index in [-0.39, 0.29) is 17.1 Å². The van der Waals surface area contributed by atoms with Crippen molar-refractivity contribution >= 4 is 27.6 Å². The lowest BCUT2D eigenvalue weighted by atomic mass is 10.1. The Morgan fingerprint density at radius 2 is 1.90 bits per heavy atom. The van der Waals surface area contributed by atoms with Crippen molar-refractivity contribution in [2.24, 2.45) is 5.92 Å². The summed E-state index contributed by atoms with van der Waals surface area (Å²) in [4.78, 5) is 23.8. The Balaban J connectivity index is 2.07. The van der Waals surface area contributed by atoms with Gasteiger partial charge < -0.3 is 14.8 Å². The van der Waals surface area contributed by atoms with Crippen LogP contribution in [-0.4, -0.2) is 50.9 Å². The zero-order valence-corrected chi connectivity index (χ0v) is 18.1. The summed E-state index contributed by atoms with van der Waals surface area (Å²) in [7, 11) is -3.72. The Kier molecular flexibility index (Phi) is 8.45. The average Bonchev–Trinajstić information content (AvgIpc) is 3.21. The minimum atomic E-state index is -3.72. The van der Waals surface area contributed by atoms with Gasteiger partial charge in [0.25, 0.3) is 5.91 Å². The zero-order chi connectivity index (χ0) is 21.4. The first-order chi connectivity index (χ1) is 13.7. The van der Waals surface area contributed by atoms with Gasteiger partial charge in [-0.2, -0.15) is 4.31 Å². The van der Waals surface area contributed by atoms with Gasteiger partial charge in [0.2, 0.25) is 10.0 Å². The van der Waals surface area contributed by atoms with Crippen LogP contribution in [0.25, 0.3) is 0 Å². The van der Waals surface area contributed by atoms with Crippen LogP contribution in [0.15, 0.2) is 23.1 Å². The van der Waals surface area contributed by atoms with Gasteiger partial charge in [-0.05, 0) is 50.3 Å². The van der Waals surface area contributed by atoms with Gasteiger partial charge in [-0.3, -0.25) is 9.59 Å². The third-order valence-electron chi connectivity index (χ3n) is 4.50. The van der Waals surface area contributed by atoms with Crippen LogP contribution in [0.5, 0.6) is 5.75 Å². The Labute approximate surface area is 172 Å². The number of rotatable bonds is 10. The fourth-order valence-corrected chi connectivity index (χ4v) is 4.63. The summed E-state index contributed by atoms with van der Waals surface area (Å²) in [6.45, 7) is 6.61. The molecule has 29 heavy (non-hydrogen) atoms. The topological polar surface area (TPSA) is 102 Å². The number of nitrogens with zero attached hydrogens (tertiary/aromatic N) is 1. The van der Waals surface area contributed by atoms with Crippen LogP contribution in [0, 0.1) is 5.92 Å². The van der Waals surface area contributed by atoms with Gasteiger partial charge in [-0.15, -0.1) is 0 Å². The number of anilines is 1. The van der Waals surface area contributed by atoms with Crippen molar-refractivity contribution in [1.82, 2.24) is 4.31 Å². The lowest BCUT2D eigenvalue weighted by molar-refractivity contribution is -0.147. The third-order valence-corrected chi connectivity index (χ3v) is 6.42. The van der Waals surface area contributed by atoms with Gasteiger partial charge in [0.1, 0.15) is 10.6 Å². The molecule has 0 saturated carbocycles. The van der Waals surface area contributed by atoms with Crippen molar-refractivity contribution in [3.05, 3.63) is 18.2 Å². The molecule has 0 aromatic heterocycles. The number of nitrogens with one attached hydrogen (secondary N) is 1. The fraction of sp³-hybridized carbons (Fsp3) is 0.600. The minimum absolute atomic E-state index is 0.0213. The van der Waals surface area contributed by atoms with Gasteiger partial charge in [0.15, 0.2) is 6.61 Å². The maximum atomic E-state index is 13.0. The second-order valence-electron chi connectivity index (χ2n) is 7.35. The number of ether oxygens (including phenoxy) is 2. The standard InChI is InChI=1S/C20H30N2O6S/c1-4-27-17-9-8-16(13-18(17)29(25,26)22-11-5-6-12-22)21-19(23)14-28-20(24)10-7-15(2)3/h8-9,13,15H,4-7,10-12,14H2,1-3H3,(H,21,23). The van der Waals surface area contributed by atoms with Gasteiger partial charge in [-0.1, -0.05) is 13.8 Å². The molecule has 1 saturated heterocycles. The van der Waals surface area contributed by atoms with Gasteiger partial charge in [-0.25, -0.2) is 8.42 Å². The maximum absolute atomic E-state index is 13.0. The summed E-state index contributed by atoms with van der Waals surface area (Å²) >= 11 is 0. The van der Waals surface area contributed by atoms with E-state index >= 15 is 0 Å². The number of benzene rings is 1. The first-order valence-electron chi connectivity index (χ1n) is 9.96. The monoisotopic (exact) mass is 426 g/mol. The van der Waals surface area contributed by atoms with Crippen LogP contribution in [0.4, 0.5) is 5.69 Å². The predicted octanol–water partition coefficient (Wildman–Crippen LogP) is 2.79. The molecule has 162 valence electrons.